The second-order valence-electron chi connectivity index (χ2n) is 3.27. The molecule has 0 saturated carbocycles. The molecule has 92 valence electrons. The van der Waals surface area contributed by atoms with Gasteiger partial charge in [0.25, 0.3) is 0 Å². The number of thioether (sulfide) groups is 1. The molecular weight excluding hydrogens is 280 g/mol. The van der Waals surface area contributed by atoms with Crippen LogP contribution in [0.2, 0.25) is 0 Å². The van der Waals surface area contributed by atoms with E-state index in [4.69, 9.17) is 0 Å². The van der Waals surface area contributed by atoms with Gasteiger partial charge in [-0.3, -0.25) is 0 Å². The molecule has 0 spiro atoms. The number of aromatic nitrogens is 2. The molecule has 0 bridgehead atoms. The third kappa shape index (κ3) is 3.91. The van der Waals surface area contributed by atoms with Crippen LogP contribution in [-0.2, 0) is 10.1 Å². The second kappa shape index (κ2) is 5.30. The van der Waals surface area contributed by atoms with Gasteiger partial charge >= 0.3 is 0 Å². The lowest BCUT2D eigenvalue weighted by atomic mass is 10.5. The van der Waals surface area contributed by atoms with Gasteiger partial charge in [0, 0.05) is 17.7 Å². The van der Waals surface area contributed by atoms with Crippen LogP contribution in [0.15, 0.2) is 22.7 Å². The van der Waals surface area contributed by atoms with E-state index in [2.05, 4.69) is 9.97 Å². The fourth-order valence-corrected chi connectivity index (χ4v) is 3.91. The Kier molecular flexibility index (Phi) is 3.97. The third-order valence-electron chi connectivity index (χ3n) is 1.91. The van der Waals surface area contributed by atoms with Gasteiger partial charge in [-0.15, -0.1) is 11.3 Å². The molecule has 0 aromatic carbocycles. The van der Waals surface area contributed by atoms with Gasteiger partial charge in [0.2, 0.25) is 0 Å². The third-order valence-corrected chi connectivity index (χ3v) is 4.94. The molecule has 2 aromatic heterocycles. The molecule has 5 nitrogen and oxygen atoms in total. The molecule has 0 unspecified atom stereocenters. The van der Waals surface area contributed by atoms with Crippen LogP contribution in [0.3, 0.4) is 0 Å². The molecule has 0 aliphatic carbocycles. The fourth-order valence-electron chi connectivity index (χ4n) is 1.21. The van der Waals surface area contributed by atoms with Crippen LogP contribution in [0.5, 0.6) is 0 Å². The summed E-state index contributed by atoms with van der Waals surface area (Å²) >= 11 is 2.97. The Morgan fingerprint density at radius 2 is 2.29 bits per heavy atom. The summed E-state index contributed by atoms with van der Waals surface area (Å²) in [6, 6.07) is 3.78. The first-order valence-corrected chi connectivity index (χ1v) is 8.20. The number of thiazole rings is 1. The van der Waals surface area contributed by atoms with Crippen LogP contribution in [0.4, 0.5) is 0 Å². The smallest absolute Gasteiger partial charge is 0.171 e. The zero-order valence-corrected chi connectivity index (χ0v) is 11.1. The lowest BCUT2D eigenvalue weighted by Gasteiger charge is -2.04. The summed E-state index contributed by atoms with van der Waals surface area (Å²) in [6.45, 7) is 0. The Labute approximate surface area is 107 Å². The Morgan fingerprint density at radius 1 is 1.47 bits per heavy atom. The van der Waals surface area contributed by atoms with Gasteiger partial charge in [0.1, 0.15) is 0 Å². The number of nitrogens with zero attached hydrogens (tertiary/aromatic N) is 2. The molecule has 2 aromatic rings. The van der Waals surface area contributed by atoms with E-state index in [0.29, 0.717) is 17.8 Å². The Bertz CT molecular complexity index is 576. The largest absolute Gasteiger partial charge is 0.748 e. The maximum atomic E-state index is 10.4. The van der Waals surface area contributed by atoms with E-state index < -0.39 is 10.1 Å². The van der Waals surface area contributed by atoms with E-state index in [1.165, 1.54) is 23.1 Å². The minimum Gasteiger partial charge on any atom is -0.748 e. The van der Waals surface area contributed by atoms with Crippen molar-refractivity contribution in [2.24, 2.45) is 0 Å². The average Bonchev–Trinajstić information content (AvgIpc) is 2.65. The van der Waals surface area contributed by atoms with E-state index in [1.807, 2.05) is 12.1 Å². The molecule has 0 N–H and O–H groups in total. The van der Waals surface area contributed by atoms with Crippen molar-refractivity contribution >= 4 is 43.6 Å². The number of hydrogen-bond acceptors (Lipinski definition) is 7. The molecule has 0 fully saturated rings. The number of pyridine rings is 1. The number of hydrogen-bond donors (Lipinski definition) is 0. The van der Waals surface area contributed by atoms with Crippen molar-refractivity contribution in [3.05, 3.63) is 18.3 Å². The Hall–Kier alpha value is -0.700. The van der Waals surface area contributed by atoms with E-state index in [-0.39, 0.29) is 5.75 Å². The number of rotatable bonds is 5. The Balaban J connectivity index is 1.91. The molecule has 0 aliphatic heterocycles. The molecule has 8 heteroatoms. The van der Waals surface area contributed by atoms with Crippen LogP contribution >= 0.6 is 23.1 Å². The van der Waals surface area contributed by atoms with Crippen molar-refractivity contribution < 1.29 is 13.0 Å². The summed E-state index contributed by atoms with van der Waals surface area (Å²) in [4.78, 5) is 8.40. The van der Waals surface area contributed by atoms with Crippen molar-refractivity contribution in [2.45, 2.75) is 10.8 Å². The summed E-state index contributed by atoms with van der Waals surface area (Å²) in [5.74, 6) is 0.254. The second-order valence-corrected chi connectivity index (χ2v) is 7.17. The lowest BCUT2D eigenvalue weighted by molar-refractivity contribution is 0.462. The standard InChI is InChI=1S/C9H10N2O3S3/c12-17(13,14)6-2-5-15-9-11-8-7(16-9)3-1-4-10-8/h1,3-4H,2,5-6H2,(H,12,13,14)/p-1. The highest BCUT2D eigenvalue weighted by Crippen LogP contribution is 2.28. The van der Waals surface area contributed by atoms with Gasteiger partial charge in [0.05, 0.1) is 14.8 Å². The molecule has 2 rings (SSSR count). The van der Waals surface area contributed by atoms with Gasteiger partial charge < -0.3 is 4.55 Å². The normalized spacial score (nSPS) is 12.1. The highest BCUT2D eigenvalue weighted by molar-refractivity contribution is 8.01. The van der Waals surface area contributed by atoms with Crippen molar-refractivity contribution in [1.82, 2.24) is 9.97 Å². The summed E-state index contributed by atoms with van der Waals surface area (Å²) in [5.41, 5.74) is 0.705. The fraction of sp³-hybridized carbons (Fsp3) is 0.333. The van der Waals surface area contributed by atoms with E-state index >= 15 is 0 Å². The summed E-state index contributed by atoms with van der Waals surface area (Å²) in [6.07, 6.45) is 2.03. The van der Waals surface area contributed by atoms with E-state index in [0.717, 1.165) is 9.04 Å². The molecule has 2 heterocycles. The maximum absolute atomic E-state index is 10.4. The summed E-state index contributed by atoms with van der Waals surface area (Å²) in [5, 5.41) is 0. The summed E-state index contributed by atoms with van der Waals surface area (Å²) < 4.78 is 33.0. The Morgan fingerprint density at radius 3 is 3.00 bits per heavy atom. The predicted octanol–water partition coefficient (Wildman–Crippen LogP) is 1.72. The average molecular weight is 289 g/mol. The highest BCUT2D eigenvalue weighted by Gasteiger charge is 2.04. The molecule has 0 amide bonds. The maximum Gasteiger partial charge on any atom is 0.171 e. The zero-order chi connectivity index (χ0) is 12.3. The molecule has 0 atom stereocenters. The molecule has 17 heavy (non-hydrogen) atoms. The first kappa shape index (κ1) is 12.7. The molecule has 0 aliphatic rings. The van der Waals surface area contributed by atoms with Crippen LogP contribution in [0.25, 0.3) is 10.3 Å². The first-order chi connectivity index (χ1) is 8.04. The van der Waals surface area contributed by atoms with Crippen molar-refractivity contribution in [2.75, 3.05) is 11.5 Å². The van der Waals surface area contributed by atoms with Gasteiger partial charge in [-0.1, -0.05) is 11.8 Å². The number of fused-ring (bicyclic) bond motifs is 1. The quantitative estimate of drug-likeness (QED) is 0.473. The minimum absolute atomic E-state index is 0.316. The van der Waals surface area contributed by atoms with Crippen molar-refractivity contribution in [3.8, 4) is 0 Å². The predicted molar refractivity (Wildman–Crippen MR) is 67.3 cm³/mol. The minimum atomic E-state index is -4.10. The zero-order valence-electron chi connectivity index (χ0n) is 8.70. The van der Waals surface area contributed by atoms with Gasteiger partial charge in [0.15, 0.2) is 9.99 Å². The van der Waals surface area contributed by atoms with Crippen LogP contribution in [-0.4, -0.2) is 34.4 Å². The van der Waals surface area contributed by atoms with Gasteiger partial charge in [-0.25, -0.2) is 18.4 Å². The highest BCUT2D eigenvalue weighted by atomic mass is 32.2. The van der Waals surface area contributed by atoms with Crippen LogP contribution < -0.4 is 0 Å². The summed E-state index contributed by atoms with van der Waals surface area (Å²) in [7, 11) is -4.10. The van der Waals surface area contributed by atoms with E-state index in [9.17, 15) is 13.0 Å². The van der Waals surface area contributed by atoms with Crippen molar-refractivity contribution in [1.29, 1.82) is 0 Å². The lowest BCUT2D eigenvalue weighted by Crippen LogP contribution is -2.04. The van der Waals surface area contributed by atoms with Crippen LogP contribution in [0, 0.1) is 0 Å². The molecule has 0 radical (unpaired) electrons. The van der Waals surface area contributed by atoms with Crippen LogP contribution in [0.1, 0.15) is 6.42 Å². The molecule has 0 saturated heterocycles. The SMILES string of the molecule is O=S(=O)([O-])CCCSc1nc2ncccc2s1. The van der Waals surface area contributed by atoms with E-state index in [1.54, 1.807) is 6.20 Å². The molecular formula is C9H9N2O3S3-. The van der Waals surface area contributed by atoms with Crippen molar-refractivity contribution in [3.63, 3.8) is 0 Å². The van der Waals surface area contributed by atoms with Gasteiger partial charge in [-0.05, 0) is 18.6 Å². The monoisotopic (exact) mass is 289 g/mol. The van der Waals surface area contributed by atoms with Gasteiger partial charge in [-0.2, -0.15) is 0 Å². The first-order valence-electron chi connectivity index (χ1n) is 4.82. The topological polar surface area (TPSA) is 83.0 Å².